The van der Waals surface area contributed by atoms with Gasteiger partial charge in [0.1, 0.15) is 0 Å². The minimum absolute atomic E-state index is 1.04. The van der Waals surface area contributed by atoms with Gasteiger partial charge in [-0.25, -0.2) is 0 Å². The van der Waals surface area contributed by atoms with Gasteiger partial charge in [-0.3, -0.25) is 0 Å². The zero-order valence-corrected chi connectivity index (χ0v) is 36.0. The summed E-state index contributed by atoms with van der Waals surface area (Å²) in [5, 5.41) is 12.2. The molecule has 0 bridgehead atoms. The lowest BCUT2D eigenvalue weighted by atomic mass is 9.96. The van der Waals surface area contributed by atoms with Crippen molar-refractivity contribution in [1.82, 2.24) is 9.13 Å². The summed E-state index contributed by atoms with van der Waals surface area (Å²) in [4.78, 5) is 4.82. The summed E-state index contributed by atoms with van der Waals surface area (Å²) in [6.45, 7) is 0. The highest BCUT2D eigenvalue weighted by molar-refractivity contribution is 6.32. The molecule has 2 heterocycles. The van der Waals surface area contributed by atoms with Crippen LogP contribution >= 0.6 is 0 Å². The van der Waals surface area contributed by atoms with Crippen LogP contribution in [0.15, 0.2) is 255 Å². The van der Waals surface area contributed by atoms with Gasteiger partial charge in [-0.15, -0.1) is 0 Å². The lowest BCUT2D eigenvalue weighted by Crippen LogP contribution is -2.15. The van der Waals surface area contributed by atoms with Gasteiger partial charge in [-0.05, 0) is 117 Å². The van der Waals surface area contributed by atoms with E-state index in [1.165, 1.54) is 64.9 Å². The number of nitrogens with zero attached hydrogens (tertiary/aromatic N) is 4. The van der Waals surface area contributed by atoms with E-state index in [1.807, 2.05) is 0 Å². The number of hydrogen-bond donors (Lipinski definition) is 0. The van der Waals surface area contributed by atoms with Crippen molar-refractivity contribution in [3.05, 3.63) is 255 Å². The lowest BCUT2D eigenvalue weighted by Gasteiger charge is -2.31. The fraction of sp³-hybridized carbons (Fsp3) is 0. The smallest absolute Gasteiger partial charge is 0.0886 e. The van der Waals surface area contributed by atoms with Crippen molar-refractivity contribution in [1.29, 1.82) is 0 Å². The van der Waals surface area contributed by atoms with Gasteiger partial charge in [0, 0.05) is 62.7 Å². The van der Waals surface area contributed by atoms with Gasteiger partial charge in [0.2, 0.25) is 0 Å². The number of hydrogen-bond acceptors (Lipinski definition) is 2. The minimum Gasteiger partial charge on any atom is -0.320 e. The van der Waals surface area contributed by atoms with Gasteiger partial charge in [-0.2, -0.15) is 0 Å². The molecule has 0 radical (unpaired) electrons. The van der Waals surface area contributed by atoms with Crippen molar-refractivity contribution in [3.63, 3.8) is 0 Å². The van der Waals surface area contributed by atoms with Gasteiger partial charge in [0.25, 0.3) is 0 Å². The Bertz CT molecular complexity index is 3800. The Hall–Kier alpha value is -8.86. The highest BCUT2D eigenvalue weighted by atomic mass is 15.2. The van der Waals surface area contributed by atoms with Crippen LogP contribution in [0.5, 0.6) is 0 Å². The fourth-order valence-electron chi connectivity index (χ4n) is 10.2. The van der Waals surface area contributed by atoms with Crippen LogP contribution in [0.2, 0.25) is 0 Å². The summed E-state index contributed by atoms with van der Waals surface area (Å²) in [6, 6.07) is 87.9. The fourth-order valence-corrected chi connectivity index (χ4v) is 10.2. The normalized spacial score (nSPS) is 11.6. The quantitative estimate of drug-likeness (QED) is 0.142. The Morgan fingerprint density at radius 2 is 0.742 bits per heavy atom. The SMILES string of the molecule is c1ccc(N(c2ccc3ccccc3c2)c2cn(-c3ccc4c(c3)c3c5ccccc5c5ccccc5c3n4-c3ccccc3)cc2N(c2ccccc2)c2ccc3ccccc3c2)cc1. The van der Waals surface area contributed by atoms with E-state index in [1.54, 1.807) is 0 Å². The van der Waals surface area contributed by atoms with Crippen LogP contribution in [0.4, 0.5) is 34.1 Å². The molecule has 0 aliphatic carbocycles. The standard InChI is InChI=1S/C62H42N4/c1-4-22-47(23-5-1)64(51-34-32-43-18-10-12-20-45(43)38-51)59-41-63(42-60(59)65(48-24-6-2-7-25-48)52-35-33-44-19-11-13-21-46(44)39-52)50-36-37-58-57(40-50)61-55-30-16-14-28-53(55)54-29-15-17-31-56(54)62(61)66(58)49-26-8-3-9-27-49/h1-42H. The average Bonchev–Trinajstić information content (AvgIpc) is 3.97. The zero-order valence-electron chi connectivity index (χ0n) is 36.0. The third-order valence-corrected chi connectivity index (χ3v) is 13.2. The number of para-hydroxylation sites is 3. The topological polar surface area (TPSA) is 16.3 Å². The summed E-state index contributed by atoms with van der Waals surface area (Å²) in [6.07, 6.45) is 4.64. The van der Waals surface area contributed by atoms with Gasteiger partial charge in [0.15, 0.2) is 0 Å². The van der Waals surface area contributed by atoms with Crippen molar-refractivity contribution >= 4 is 99.0 Å². The number of fused-ring (bicyclic) bond motifs is 10. The first kappa shape index (κ1) is 37.7. The molecule has 4 nitrogen and oxygen atoms in total. The average molecular weight is 843 g/mol. The first-order valence-corrected chi connectivity index (χ1v) is 22.6. The number of rotatable bonds is 8. The van der Waals surface area contributed by atoms with Crippen molar-refractivity contribution in [3.8, 4) is 11.4 Å². The molecule has 0 saturated carbocycles. The van der Waals surface area contributed by atoms with E-state index < -0.39 is 0 Å². The number of anilines is 6. The first-order valence-electron chi connectivity index (χ1n) is 22.6. The molecule has 0 aliphatic rings. The van der Waals surface area contributed by atoms with Crippen LogP contribution < -0.4 is 9.80 Å². The molecule has 0 spiro atoms. The lowest BCUT2D eigenvalue weighted by molar-refractivity contribution is 1.08. The molecule has 2 aromatic heterocycles. The monoisotopic (exact) mass is 842 g/mol. The summed E-state index contributed by atoms with van der Waals surface area (Å²) in [5.41, 5.74) is 10.9. The van der Waals surface area contributed by atoms with Gasteiger partial charge >= 0.3 is 0 Å². The maximum atomic E-state index is 2.46. The van der Waals surface area contributed by atoms with E-state index >= 15 is 0 Å². The summed E-state index contributed by atoms with van der Waals surface area (Å²) >= 11 is 0. The van der Waals surface area contributed by atoms with E-state index in [-0.39, 0.29) is 0 Å². The van der Waals surface area contributed by atoms with E-state index in [2.05, 4.69) is 274 Å². The molecule has 0 amide bonds. The molecule has 310 valence electrons. The van der Waals surface area contributed by atoms with Crippen molar-refractivity contribution in [2.45, 2.75) is 0 Å². The van der Waals surface area contributed by atoms with Gasteiger partial charge < -0.3 is 18.9 Å². The molecule has 0 N–H and O–H groups in total. The Kier molecular flexibility index (Phi) is 8.81. The Morgan fingerprint density at radius 1 is 0.288 bits per heavy atom. The van der Waals surface area contributed by atoms with Gasteiger partial charge in [-0.1, -0.05) is 164 Å². The van der Waals surface area contributed by atoms with Crippen LogP contribution in [0.3, 0.4) is 0 Å². The Labute approximate surface area is 382 Å². The molecule has 0 unspecified atom stereocenters. The zero-order chi connectivity index (χ0) is 43.6. The van der Waals surface area contributed by atoms with Crippen molar-refractivity contribution in [2.24, 2.45) is 0 Å². The molecule has 0 saturated heterocycles. The van der Waals surface area contributed by atoms with E-state index in [4.69, 9.17) is 0 Å². The molecular weight excluding hydrogens is 801 g/mol. The molecule has 0 aliphatic heterocycles. The van der Waals surface area contributed by atoms with Crippen molar-refractivity contribution in [2.75, 3.05) is 9.80 Å². The molecule has 0 atom stereocenters. The Morgan fingerprint density at radius 3 is 1.30 bits per heavy atom. The Balaban J connectivity index is 1.12. The van der Waals surface area contributed by atoms with E-state index in [9.17, 15) is 0 Å². The predicted molar refractivity (Wildman–Crippen MR) is 279 cm³/mol. The largest absolute Gasteiger partial charge is 0.320 e. The highest BCUT2D eigenvalue weighted by Crippen LogP contribution is 2.49. The molecule has 4 heteroatoms. The summed E-state index contributed by atoms with van der Waals surface area (Å²) in [7, 11) is 0. The number of aromatic nitrogens is 2. The molecule has 11 aromatic carbocycles. The second-order valence-corrected chi connectivity index (χ2v) is 17.0. The minimum atomic E-state index is 1.04. The van der Waals surface area contributed by atoms with Gasteiger partial charge in [0.05, 0.1) is 22.4 Å². The van der Waals surface area contributed by atoms with Crippen LogP contribution in [0.1, 0.15) is 0 Å². The van der Waals surface area contributed by atoms with Crippen molar-refractivity contribution < 1.29 is 0 Å². The van der Waals surface area contributed by atoms with Crippen LogP contribution in [-0.4, -0.2) is 9.13 Å². The molecule has 13 rings (SSSR count). The molecular formula is C62H42N4. The summed E-state index contributed by atoms with van der Waals surface area (Å²) in [5.74, 6) is 0. The maximum Gasteiger partial charge on any atom is 0.0886 e. The second-order valence-electron chi connectivity index (χ2n) is 17.0. The predicted octanol–water partition coefficient (Wildman–Crippen LogP) is 17.1. The van der Waals surface area contributed by atoms with E-state index in [0.717, 1.165) is 45.5 Å². The second kappa shape index (κ2) is 15.4. The molecule has 13 aromatic rings. The third-order valence-electron chi connectivity index (χ3n) is 13.2. The highest BCUT2D eigenvalue weighted by Gasteiger charge is 2.26. The van der Waals surface area contributed by atoms with Crippen LogP contribution in [0, 0.1) is 0 Å². The van der Waals surface area contributed by atoms with Crippen LogP contribution in [0.25, 0.3) is 76.3 Å². The molecule has 66 heavy (non-hydrogen) atoms. The van der Waals surface area contributed by atoms with Crippen LogP contribution in [-0.2, 0) is 0 Å². The summed E-state index contributed by atoms with van der Waals surface area (Å²) < 4.78 is 4.79. The molecule has 0 fully saturated rings. The third kappa shape index (κ3) is 6.15. The first-order chi connectivity index (χ1) is 32.7. The van der Waals surface area contributed by atoms with E-state index in [0.29, 0.717) is 0 Å². The number of benzene rings is 11. The maximum absolute atomic E-state index is 2.46.